The minimum atomic E-state index is 0.211. The van der Waals surface area contributed by atoms with Crippen LogP contribution in [-0.4, -0.2) is 9.78 Å². The Morgan fingerprint density at radius 1 is 1.17 bits per heavy atom. The number of aromatic nitrogens is 2. The van der Waals surface area contributed by atoms with Gasteiger partial charge in [0.2, 0.25) is 0 Å². The molecule has 0 amide bonds. The van der Waals surface area contributed by atoms with E-state index in [0.29, 0.717) is 0 Å². The number of rotatable bonds is 0. The summed E-state index contributed by atoms with van der Waals surface area (Å²) in [6.45, 7) is 10.9. The summed E-state index contributed by atoms with van der Waals surface area (Å²) in [5, 5.41) is 4.39. The predicted octanol–water partition coefficient (Wildman–Crippen LogP) is 2.33. The standard InChI is InChI=1S/C10H18N2/c1-7-9(10(3,4)5)8(2)12(6)11-7/h1-6H3. The van der Waals surface area contributed by atoms with E-state index < -0.39 is 0 Å². The van der Waals surface area contributed by atoms with Crippen molar-refractivity contribution in [2.24, 2.45) is 7.05 Å². The summed E-state index contributed by atoms with van der Waals surface area (Å²) < 4.78 is 1.95. The lowest BCUT2D eigenvalue weighted by Gasteiger charge is -2.19. The third kappa shape index (κ3) is 1.38. The van der Waals surface area contributed by atoms with Crippen molar-refractivity contribution in [3.05, 3.63) is 17.0 Å². The molecule has 0 saturated carbocycles. The summed E-state index contributed by atoms with van der Waals surface area (Å²) >= 11 is 0. The molecule has 1 aromatic heterocycles. The zero-order valence-corrected chi connectivity index (χ0v) is 8.89. The molecule has 2 heteroatoms. The Balaban J connectivity index is 3.32. The maximum atomic E-state index is 4.39. The molecule has 0 bridgehead atoms. The lowest BCUT2D eigenvalue weighted by molar-refractivity contribution is 0.580. The Morgan fingerprint density at radius 2 is 1.67 bits per heavy atom. The largest absolute Gasteiger partial charge is 0.272 e. The lowest BCUT2D eigenvalue weighted by Crippen LogP contribution is -2.13. The van der Waals surface area contributed by atoms with E-state index in [4.69, 9.17) is 0 Å². The minimum Gasteiger partial charge on any atom is -0.272 e. The van der Waals surface area contributed by atoms with Gasteiger partial charge < -0.3 is 0 Å². The SMILES string of the molecule is Cc1nn(C)c(C)c1C(C)(C)C. The van der Waals surface area contributed by atoms with Gasteiger partial charge in [0.15, 0.2) is 0 Å². The van der Waals surface area contributed by atoms with Crippen LogP contribution >= 0.6 is 0 Å². The Kier molecular flexibility index (Phi) is 2.02. The minimum absolute atomic E-state index is 0.211. The molecule has 0 unspecified atom stereocenters. The Hall–Kier alpha value is -0.790. The average molecular weight is 166 g/mol. The smallest absolute Gasteiger partial charge is 0.0633 e. The van der Waals surface area contributed by atoms with Crippen LogP contribution in [-0.2, 0) is 12.5 Å². The average Bonchev–Trinajstić information content (AvgIpc) is 2.05. The molecule has 2 nitrogen and oxygen atoms in total. The molecular formula is C10H18N2. The molecule has 0 N–H and O–H groups in total. The first kappa shape index (κ1) is 9.30. The van der Waals surface area contributed by atoms with Crippen LogP contribution < -0.4 is 0 Å². The Morgan fingerprint density at radius 3 is 1.83 bits per heavy atom. The first-order valence-corrected chi connectivity index (χ1v) is 4.34. The van der Waals surface area contributed by atoms with E-state index in [1.165, 1.54) is 11.3 Å². The summed E-state index contributed by atoms with van der Waals surface area (Å²) in [6.07, 6.45) is 0. The van der Waals surface area contributed by atoms with E-state index in [2.05, 4.69) is 39.7 Å². The normalized spacial score (nSPS) is 12.2. The molecular weight excluding hydrogens is 148 g/mol. The van der Waals surface area contributed by atoms with Gasteiger partial charge in [0.25, 0.3) is 0 Å². The monoisotopic (exact) mass is 166 g/mol. The molecule has 0 radical (unpaired) electrons. The number of hydrogen-bond donors (Lipinski definition) is 0. The first-order valence-electron chi connectivity index (χ1n) is 4.34. The van der Waals surface area contributed by atoms with Gasteiger partial charge in [0.05, 0.1) is 5.69 Å². The highest BCUT2D eigenvalue weighted by atomic mass is 15.3. The van der Waals surface area contributed by atoms with Gasteiger partial charge in [-0.05, 0) is 19.3 Å². The van der Waals surface area contributed by atoms with Crippen molar-refractivity contribution < 1.29 is 0 Å². The Bertz CT molecular complexity index is 290. The molecule has 12 heavy (non-hydrogen) atoms. The van der Waals surface area contributed by atoms with Gasteiger partial charge in [-0.25, -0.2) is 0 Å². The van der Waals surface area contributed by atoms with Gasteiger partial charge in [-0.3, -0.25) is 4.68 Å². The van der Waals surface area contributed by atoms with Crippen LogP contribution in [0.1, 0.15) is 37.7 Å². The fourth-order valence-corrected chi connectivity index (χ4v) is 1.86. The molecule has 0 atom stereocenters. The number of nitrogens with zero attached hydrogens (tertiary/aromatic N) is 2. The summed E-state index contributed by atoms with van der Waals surface area (Å²) in [5.74, 6) is 0. The topological polar surface area (TPSA) is 17.8 Å². The molecule has 0 aliphatic heterocycles. The highest BCUT2D eigenvalue weighted by molar-refractivity contribution is 5.31. The highest BCUT2D eigenvalue weighted by Gasteiger charge is 2.22. The molecule has 0 aliphatic carbocycles. The fraction of sp³-hybridized carbons (Fsp3) is 0.700. The van der Waals surface area contributed by atoms with Crippen LogP contribution in [0.25, 0.3) is 0 Å². The van der Waals surface area contributed by atoms with E-state index in [-0.39, 0.29) is 5.41 Å². The van der Waals surface area contributed by atoms with Crippen molar-refractivity contribution in [1.29, 1.82) is 0 Å². The van der Waals surface area contributed by atoms with Crippen molar-refractivity contribution in [3.63, 3.8) is 0 Å². The second-order valence-corrected chi connectivity index (χ2v) is 4.42. The number of hydrogen-bond acceptors (Lipinski definition) is 1. The van der Waals surface area contributed by atoms with Crippen molar-refractivity contribution in [3.8, 4) is 0 Å². The maximum absolute atomic E-state index is 4.39. The van der Waals surface area contributed by atoms with E-state index in [0.717, 1.165) is 5.69 Å². The van der Waals surface area contributed by atoms with Crippen molar-refractivity contribution in [2.45, 2.75) is 40.0 Å². The lowest BCUT2D eigenvalue weighted by atomic mass is 9.85. The van der Waals surface area contributed by atoms with Gasteiger partial charge in [-0.15, -0.1) is 0 Å². The van der Waals surface area contributed by atoms with Crippen molar-refractivity contribution in [1.82, 2.24) is 9.78 Å². The van der Waals surface area contributed by atoms with Gasteiger partial charge >= 0.3 is 0 Å². The second-order valence-electron chi connectivity index (χ2n) is 4.42. The van der Waals surface area contributed by atoms with Crippen LogP contribution in [0.4, 0.5) is 0 Å². The molecule has 0 saturated heterocycles. The first-order chi connectivity index (χ1) is 5.34. The Labute approximate surface area is 74.6 Å². The zero-order chi connectivity index (χ0) is 9.52. The van der Waals surface area contributed by atoms with Gasteiger partial charge in [0, 0.05) is 18.3 Å². The number of aryl methyl sites for hydroxylation is 2. The fourth-order valence-electron chi connectivity index (χ4n) is 1.86. The van der Waals surface area contributed by atoms with Crippen LogP contribution in [0.5, 0.6) is 0 Å². The summed E-state index contributed by atoms with van der Waals surface area (Å²) in [5.41, 5.74) is 4.02. The molecule has 0 aliphatic rings. The molecule has 1 heterocycles. The van der Waals surface area contributed by atoms with Crippen molar-refractivity contribution in [2.75, 3.05) is 0 Å². The van der Waals surface area contributed by atoms with Crippen molar-refractivity contribution >= 4 is 0 Å². The molecule has 1 rings (SSSR count). The summed E-state index contributed by atoms with van der Waals surface area (Å²) in [7, 11) is 2.00. The van der Waals surface area contributed by atoms with Gasteiger partial charge in [-0.1, -0.05) is 20.8 Å². The van der Waals surface area contributed by atoms with Crippen LogP contribution in [0, 0.1) is 13.8 Å². The maximum Gasteiger partial charge on any atom is 0.0633 e. The van der Waals surface area contributed by atoms with Crippen LogP contribution in [0.15, 0.2) is 0 Å². The van der Waals surface area contributed by atoms with E-state index in [1.807, 2.05) is 11.7 Å². The molecule has 68 valence electrons. The third-order valence-corrected chi connectivity index (χ3v) is 2.26. The van der Waals surface area contributed by atoms with Crippen LogP contribution in [0.3, 0.4) is 0 Å². The third-order valence-electron chi connectivity index (χ3n) is 2.26. The highest BCUT2D eigenvalue weighted by Crippen LogP contribution is 2.27. The summed E-state index contributed by atoms with van der Waals surface area (Å²) in [4.78, 5) is 0. The molecule has 0 fully saturated rings. The molecule has 1 aromatic rings. The van der Waals surface area contributed by atoms with E-state index >= 15 is 0 Å². The van der Waals surface area contributed by atoms with Gasteiger partial charge in [-0.2, -0.15) is 5.10 Å². The molecule has 0 aromatic carbocycles. The second kappa shape index (κ2) is 2.61. The summed E-state index contributed by atoms with van der Waals surface area (Å²) in [6, 6.07) is 0. The predicted molar refractivity (Wildman–Crippen MR) is 51.4 cm³/mol. The van der Waals surface area contributed by atoms with E-state index in [9.17, 15) is 0 Å². The van der Waals surface area contributed by atoms with E-state index in [1.54, 1.807) is 0 Å². The quantitative estimate of drug-likeness (QED) is 0.578. The van der Waals surface area contributed by atoms with Gasteiger partial charge in [0.1, 0.15) is 0 Å². The molecule has 0 spiro atoms. The zero-order valence-electron chi connectivity index (χ0n) is 8.89. The van der Waals surface area contributed by atoms with Crippen LogP contribution in [0.2, 0.25) is 0 Å².